The molecular weight excluding hydrogens is 354 g/mol. The van der Waals surface area contributed by atoms with E-state index < -0.39 is 0 Å². The molecule has 0 saturated heterocycles. The largest absolute Gasteiger partial charge is 0.508 e. The molecule has 0 aliphatic rings. The van der Waals surface area contributed by atoms with Gasteiger partial charge in [-0.1, -0.05) is 30.3 Å². The highest BCUT2D eigenvalue weighted by Gasteiger charge is 2.18. The van der Waals surface area contributed by atoms with Crippen molar-refractivity contribution in [1.29, 1.82) is 0 Å². The Kier molecular flexibility index (Phi) is 5.54. The highest BCUT2D eigenvalue weighted by atomic mass is 16.3. The summed E-state index contributed by atoms with van der Waals surface area (Å²) < 4.78 is 0. The molecule has 0 spiro atoms. The summed E-state index contributed by atoms with van der Waals surface area (Å²) in [6.45, 7) is 3.14. The molecule has 0 bridgehead atoms. The number of phenolic OH excluding ortho intramolecular Hbond substituents is 1. The molecule has 142 valence electrons. The van der Waals surface area contributed by atoms with Crippen molar-refractivity contribution in [3.63, 3.8) is 0 Å². The van der Waals surface area contributed by atoms with Crippen molar-refractivity contribution in [2.24, 2.45) is 0 Å². The summed E-state index contributed by atoms with van der Waals surface area (Å²) in [4.78, 5) is 37.9. The van der Waals surface area contributed by atoms with E-state index in [0.29, 0.717) is 11.1 Å². The predicted octanol–water partition coefficient (Wildman–Crippen LogP) is 3.98. The third-order valence-electron chi connectivity index (χ3n) is 4.48. The molecule has 5 heteroatoms. The van der Waals surface area contributed by atoms with Crippen molar-refractivity contribution in [3.05, 3.63) is 77.4 Å². The van der Waals surface area contributed by atoms with Gasteiger partial charge in [-0.15, -0.1) is 0 Å². The maximum Gasteiger partial charge on any atom is 0.254 e. The Balaban J connectivity index is 1.91. The number of carbonyl (C=O) groups excluding carboxylic acids is 3. The molecule has 0 heterocycles. The molecule has 0 atom stereocenters. The summed E-state index contributed by atoms with van der Waals surface area (Å²) >= 11 is 0. The van der Waals surface area contributed by atoms with Gasteiger partial charge in [0.1, 0.15) is 11.5 Å². The standard InChI is InChI=1S/C23H21NO4/c1-15(25)13-24(14-17-4-3-5-18(10-17)16(2)26)23(28)21-7-6-20-12-22(27)9-8-19(20)11-21/h3-12,27H,13-14H2,1-2H3. The number of hydrogen-bond acceptors (Lipinski definition) is 4. The zero-order valence-corrected chi connectivity index (χ0v) is 15.8. The first-order valence-corrected chi connectivity index (χ1v) is 8.95. The van der Waals surface area contributed by atoms with Gasteiger partial charge >= 0.3 is 0 Å². The van der Waals surface area contributed by atoms with E-state index >= 15 is 0 Å². The number of carbonyl (C=O) groups is 3. The minimum absolute atomic E-state index is 0.0171. The van der Waals surface area contributed by atoms with Gasteiger partial charge in [-0.25, -0.2) is 0 Å². The summed E-state index contributed by atoms with van der Waals surface area (Å²) in [5.74, 6) is -0.278. The van der Waals surface area contributed by atoms with Gasteiger partial charge in [-0.3, -0.25) is 14.4 Å². The summed E-state index contributed by atoms with van der Waals surface area (Å²) in [6, 6.07) is 17.2. The Morgan fingerprint density at radius 3 is 2.29 bits per heavy atom. The Hall–Kier alpha value is -3.47. The second-order valence-electron chi connectivity index (χ2n) is 6.87. The second-order valence-corrected chi connectivity index (χ2v) is 6.87. The third-order valence-corrected chi connectivity index (χ3v) is 4.48. The molecule has 0 fully saturated rings. The molecule has 0 saturated carbocycles. The van der Waals surface area contributed by atoms with Crippen molar-refractivity contribution in [3.8, 4) is 5.75 Å². The average Bonchev–Trinajstić information content (AvgIpc) is 2.66. The molecule has 28 heavy (non-hydrogen) atoms. The van der Waals surface area contributed by atoms with Crippen molar-refractivity contribution < 1.29 is 19.5 Å². The van der Waals surface area contributed by atoms with Gasteiger partial charge in [0.25, 0.3) is 5.91 Å². The van der Waals surface area contributed by atoms with Crippen LogP contribution < -0.4 is 0 Å². The quantitative estimate of drug-likeness (QED) is 0.661. The zero-order chi connectivity index (χ0) is 20.3. The SMILES string of the molecule is CC(=O)CN(Cc1cccc(C(C)=O)c1)C(=O)c1ccc2cc(O)ccc2c1. The Bertz CT molecular complexity index is 1070. The first-order valence-electron chi connectivity index (χ1n) is 8.95. The van der Waals surface area contributed by atoms with E-state index in [1.165, 1.54) is 18.7 Å². The van der Waals surface area contributed by atoms with Gasteiger partial charge in [0.2, 0.25) is 0 Å². The number of nitrogens with zero attached hydrogens (tertiary/aromatic N) is 1. The first kappa shape index (κ1) is 19.3. The van der Waals surface area contributed by atoms with Gasteiger partial charge < -0.3 is 10.0 Å². The summed E-state index contributed by atoms with van der Waals surface area (Å²) in [5.41, 5.74) is 1.81. The number of phenols is 1. The van der Waals surface area contributed by atoms with Crippen molar-refractivity contribution >= 4 is 28.2 Å². The van der Waals surface area contributed by atoms with E-state index in [9.17, 15) is 19.5 Å². The minimum Gasteiger partial charge on any atom is -0.508 e. The van der Waals surface area contributed by atoms with Gasteiger partial charge in [0.05, 0.1) is 6.54 Å². The molecule has 0 aliphatic carbocycles. The number of Topliss-reactive ketones (excluding diaryl/α,β-unsaturated/α-hetero) is 2. The fraction of sp³-hybridized carbons (Fsp3) is 0.174. The maximum absolute atomic E-state index is 13.1. The van der Waals surface area contributed by atoms with Crippen LogP contribution in [0.5, 0.6) is 5.75 Å². The zero-order valence-electron chi connectivity index (χ0n) is 15.8. The number of hydrogen-bond donors (Lipinski definition) is 1. The lowest BCUT2D eigenvalue weighted by Crippen LogP contribution is -2.34. The highest BCUT2D eigenvalue weighted by Crippen LogP contribution is 2.22. The molecule has 0 radical (unpaired) electrons. The van der Waals surface area contributed by atoms with E-state index in [1.54, 1.807) is 54.6 Å². The van der Waals surface area contributed by atoms with Gasteiger partial charge in [0, 0.05) is 17.7 Å². The molecule has 3 aromatic rings. The van der Waals surface area contributed by atoms with Crippen LogP contribution in [0.3, 0.4) is 0 Å². The lowest BCUT2D eigenvalue weighted by Gasteiger charge is -2.22. The number of amides is 1. The number of rotatable bonds is 6. The lowest BCUT2D eigenvalue weighted by molar-refractivity contribution is -0.117. The first-order chi connectivity index (χ1) is 13.3. The third kappa shape index (κ3) is 4.43. The van der Waals surface area contributed by atoms with E-state index in [4.69, 9.17) is 0 Å². The summed E-state index contributed by atoms with van der Waals surface area (Å²) in [7, 11) is 0. The molecule has 0 aromatic heterocycles. The van der Waals surface area contributed by atoms with Crippen LogP contribution in [0.25, 0.3) is 10.8 Å². The van der Waals surface area contributed by atoms with Crippen LogP contribution >= 0.6 is 0 Å². The van der Waals surface area contributed by atoms with Crippen LogP contribution in [0.15, 0.2) is 60.7 Å². The monoisotopic (exact) mass is 375 g/mol. The van der Waals surface area contributed by atoms with Crippen LogP contribution in [0.4, 0.5) is 0 Å². The van der Waals surface area contributed by atoms with Crippen LogP contribution in [0.2, 0.25) is 0 Å². The van der Waals surface area contributed by atoms with Crippen LogP contribution in [0, 0.1) is 0 Å². The second kappa shape index (κ2) is 8.05. The number of ketones is 2. The molecule has 5 nitrogen and oxygen atoms in total. The highest BCUT2D eigenvalue weighted by molar-refractivity contribution is 6.00. The van der Waals surface area contributed by atoms with Gasteiger partial charge in [-0.05, 0) is 60.5 Å². The number of benzene rings is 3. The molecule has 0 aliphatic heterocycles. The topological polar surface area (TPSA) is 74.7 Å². The molecule has 1 amide bonds. The summed E-state index contributed by atoms with van der Waals surface area (Å²) in [5, 5.41) is 11.2. The van der Waals surface area contributed by atoms with Gasteiger partial charge in [0.15, 0.2) is 5.78 Å². The van der Waals surface area contributed by atoms with Crippen LogP contribution in [-0.4, -0.2) is 34.0 Å². The molecular formula is C23H21NO4. The van der Waals surface area contributed by atoms with E-state index in [-0.39, 0.29) is 36.3 Å². The number of fused-ring (bicyclic) bond motifs is 1. The fourth-order valence-corrected chi connectivity index (χ4v) is 3.13. The smallest absolute Gasteiger partial charge is 0.254 e. The molecule has 3 rings (SSSR count). The van der Waals surface area contributed by atoms with E-state index in [1.807, 2.05) is 6.07 Å². The normalized spacial score (nSPS) is 10.6. The van der Waals surface area contributed by atoms with Crippen molar-refractivity contribution in [1.82, 2.24) is 4.90 Å². The average molecular weight is 375 g/mol. The Morgan fingerprint density at radius 2 is 1.57 bits per heavy atom. The predicted molar refractivity (Wildman–Crippen MR) is 107 cm³/mol. The van der Waals surface area contributed by atoms with Crippen LogP contribution in [0.1, 0.15) is 40.1 Å². The van der Waals surface area contributed by atoms with E-state index in [0.717, 1.165) is 16.3 Å². The number of aromatic hydroxyl groups is 1. The summed E-state index contributed by atoms with van der Waals surface area (Å²) in [6.07, 6.45) is 0. The Labute approximate surface area is 163 Å². The maximum atomic E-state index is 13.1. The molecule has 1 N–H and O–H groups in total. The molecule has 0 unspecified atom stereocenters. The van der Waals surface area contributed by atoms with Crippen molar-refractivity contribution in [2.45, 2.75) is 20.4 Å². The molecule has 3 aromatic carbocycles. The van der Waals surface area contributed by atoms with Crippen molar-refractivity contribution in [2.75, 3.05) is 6.54 Å². The van der Waals surface area contributed by atoms with Gasteiger partial charge in [-0.2, -0.15) is 0 Å². The lowest BCUT2D eigenvalue weighted by atomic mass is 10.0. The fourth-order valence-electron chi connectivity index (χ4n) is 3.13. The Morgan fingerprint density at radius 1 is 0.857 bits per heavy atom. The minimum atomic E-state index is -0.265. The van der Waals surface area contributed by atoms with Crippen LogP contribution in [-0.2, 0) is 11.3 Å². The van der Waals surface area contributed by atoms with E-state index in [2.05, 4.69) is 0 Å².